The SMILES string of the molecule is OCC[C@@H](O)CCCOCc1ccccc1. The first kappa shape index (κ1) is 13.2. The molecule has 0 bridgehead atoms. The van der Waals surface area contributed by atoms with Crippen LogP contribution in [0.1, 0.15) is 24.8 Å². The standard InChI is InChI=1S/C13H20O3/c14-9-8-13(15)7-4-10-16-11-12-5-2-1-3-6-12/h1-3,5-6,13-15H,4,7-11H2/t13-/m0/s1. The Hall–Kier alpha value is -0.900. The van der Waals surface area contributed by atoms with Crippen LogP contribution in [-0.4, -0.2) is 29.5 Å². The molecule has 0 spiro atoms. The minimum atomic E-state index is -0.398. The average molecular weight is 224 g/mol. The Morgan fingerprint density at radius 3 is 2.56 bits per heavy atom. The van der Waals surface area contributed by atoms with Gasteiger partial charge in [0.2, 0.25) is 0 Å². The molecule has 0 aromatic heterocycles. The minimum Gasteiger partial charge on any atom is -0.396 e. The van der Waals surface area contributed by atoms with Gasteiger partial charge in [0.1, 0.15) is 0 Å². The fourth-order valence-corrected chi connectivity index (χ4v) is 1.48. The molecule has 0 aliphatic heterocycles. The second kappa shape index (κ2) is 8.28. The van der Waals surface area contributed by atoms with Crippen molar-refractivity contribution in [1.82, 2.24) is 0 Å². The Kier molecular flexibility index (Phi) is 6.81. The van der Waals surface area contributed by atoms with E-state index in [1.807, 2.05) is 30.3 Å². The molecule has 3 heteroatoms. The fraction of sp³-hybridized carbons (Fsp3) is 0.538. The van der Waals surface area contributed by atoms with Crippen molar-refractivity contribution in [3.63, 3.8) is 0 Å². The molecule has 3 nitrogen and oxygen atoms in total. The zero-order valence-electron chi connectivity index (χ0n) is 9.51. The maximum atomic E-state index is 9.35. The Morgan fingerprint density at radius 1 is 1.12 bits per heavy atom. The third kappa shape index (κ3) is 5.85. The van der Waals surface area contributed by atoms with Crippen molar-refractivity contribution in [1.29, 1.82) is 0 Å². The second-order valence-electron chi connectivity index (χ2n) is 3.85. The van der Waals surface area contributed by atoms with Crippen LogP contribution in [0.15, 0.2) is 30.3 Å². The third-order valence-electron chi connectivity index (χ3n) is 2.40. The van der Waals surface area contributed by atoms with Crippen molar-refractivity contribution in [3.8, 4) is 0 Å². The molecule has 1 atom stereocenters. The van der Waals surface area contributed by atoms with Gasteiger partial charge in [-0.25, -0.2) is 0 Å². The highest BCUT2D eigenvalue weighted by atomic mass is 16.5. The summed E-state index contributed by atoms with van der Waals surface area (Å²) in [4.78, 5) is 0. The van der Waals surface area contributed by atoms with Crippen LogP contribution in [0.25, 0.3) is 0 Å². The van der Waals surface area contributed by atoms with Crippen molar-refractivity contribution < 1.29 is 14.9 Å². The van der Waals surface area contributed by atoms with E-state index in [0.717, 1.165) is 6.42 Å². The molecule has 0 unspecified atom stereocenters. The molecule has 16 heavy (non-hydrogen) atoms. The summed E-state index contributed by atoms with van der Waals surface area (Å²) in [6.45, 7) is 1.32. The van der Waals surface area contributed by atoms with Crippen LogP contribution in [0.2, 0.25) is 0 Å². The van der Waals surface area contributed by atoms with Gasteiger partial charge >= 0.3 is 0 Å². The highest BCUT2D eigenvalue weighted by Gasteiger charge is 2.02. The van der Waals surface area contributed by atoms with Gasteiger partial charge in [0.25, 0.3) is 0 Å². The Labute approximate surface area is 96.7 Å². The molecule has 0 heterocycles. The van der Waals surface area contributed by atoms with E-state index in [2.05, 4.69) is 0 Å². The van der Waals surface area contributed by atoms with Gasteiger partial charge in [-0.15, -0.1) is 0 Å². The van der Waals surface area contributed by atoms with E-state index in [9.17, 15) is 5.11 Å². The number of hydrogen-bond acceptors (Lipinski definition) is 3. The van der Waals surface area contributed by atoms with E-state index in [1.54, 1.807) is 0 Å². The van der Waals surface area contributed by atoms with Gasteiger partial charge in [0.05, 0.1) is 12.7 Å². The molecule has 0 saturated carbocycles. The molecule has 1 rings (SSSR count). The van der Waals surface area contributed by atoms with E-state index < -0.39 is 6.10 Å². The largest absolute Gasteiger partial charge is 0.396 e. The molecule has 2 N–H and O–H groups in total. The molecule has 1 aromatic rings. The monoisotopic (exact) mass is 224 g/mol. The Morgan fingerprint density at radius 2 is 1.88 bits per heavy atom. The van der Waals surface area contributed by atoms with Crippen LogP contribution in [0.3, 0.4) is 0 Å². The molecule has 0 saturated heterocycles. The number of rotatable bonds is 8. The first-order chi connectivity index (χ1) is 7.83. The maximum absolute atomic E-state index is 9.35. The zero-order valence-corrected chi connectivity index (χ0v) is 9.51. The van der Waals surface area contributed by atoms with Crippen LogP contribution in [-0.2, 0) is 11.3 Å². The van der Waals surface area contributed by atoms with Crippen LogP contribution >= 0.6 is 0 Å². The van der Waals surface area contributed by atoms with Crippen molar-refractivity contribution in [2.75, 3.05) is 13.2 Å². The molecule has 1 aromatic carbocycles. The Balaban J connectivity index is 2.00. The maximum Gasteiger partial charge on any atom is 0.0716 e. The quantitative estimate of drug-likeness (QED) is 0.661. The smallest absolute Gasteiger partial charge is 0.0716 e. The summed E-state index contributed by atoms with van der Waals surface area (Å²) in [6.07, 6.45) is 1.58. The molecule has 0 amide bonds. The van der Waals surface area contributed by atoms with Crippen molar-refractivity contribution in [2.24, 2.45) is 0 Å². The summed E-state index contributed by atoms with van der Waals surface area (Å²) in [5.41, 5.74) is 1.17. The first-order valence-corrected chi connectivity index (χ1v) is 5.73. The summed E-state index contributed by atoms with van der Waals surface area (Å²) >= 11 is 0. The summed E-state index contributed by atoms with van der Waals surface area (Å²) in [5.74, 6) is 0. The lowest BCUT2D eigenvalue weighted by Gasteiger charge is -2.08. The predicted octanol–water partition coefficient (Wildman–Crippen LogP) is 1.73. The van der Waals surface area contributed by atoms with Gasteiger partial charge in [-0.2, -0.15) is 0 Å². The van der Waals surface area contributed by atoms with Crippen molar-refractivity contribution in [3.05, 3.63) is 35.9 Å². The number of aliphatic hydroxyl groups excluding tert-OH is 2. The molecular weight excluding hydrogens is 204 g/mol. The van der Waals surface area contributed by atoms with Gasteiger partial charge in [-0.05, 0) is 24.8 Å². The molecule has 0 aliphatic carbocycles. The van der Waals surface area contributed by atoms with E-state index in [1.165, 1.54) is 5.56 Å². The third-order valence-corrected chi connectivity index (χ3v) is 2.40. The van der Waals surface area contributed by atoms with Crippen molar-refractivity contribution >= 4 is 0 Å². The van der Waals surface area contributed by atoms with Gasteiger partial charge in [0.15, 0.2) is 0 Å². The molecule has 0 aliphatic rings. The predicted molar refractivity (Wildman–Crippen MR) is 63.0 cm³/mol. The summed E-state index contributed by atoms with van der Waals surface area (Å²) in [6, 6.07) is 10.0. The lowest BCUT2D eigenvalue weighted by molar-refractivity contribution is 0.0865. The number of ether oxygens (including phenoxy) is 1. The second-order valence-corrected chi connectivity index (χ2v) is 3.85. The Bertz CT molecular complexity index is 261. The van der Waals surface area contributed by atoms with Gasteiger partial charge in [-0.3, -0.25) is 0 Å². The van der Waals surface area contributed by atoms with Crippen LogP contribution in [0, 0.1) is 0 Å². The van der Waals surface area contributed by atoms with E-state index >= 15 is 0 Å². The molecule has 90 valence electrons. The topological polar surface area (TPSA) is 49.7 Å². The highest BCUT2D eigenvalue weighted by molar-refractivity contribution is 5.13. The molecular formula is C13H20O3. The van der Waals surface area contributed by atoms with Gasteiger partial charge < -0.3 is 14.9 Å². The zero-order chi connectivity index (χ0) is 11.6. The summed E-state index contributed by atoms with van der Waals surface area (Å²) in [5, 5.41) is 17.9. The van der Waals surface area contributed by atoms with Crippen LogP contribution in [0.5, 0.6) is 0 Å². The fourth-order valence-electron chi connectivity index (χ4n) is 1.48. The number of hydrogen-bond donors (Lipinski definition) is 2. The van der Waals surface area contributed by atoms with E-state index in [-0.39, 0.29) is 6.61 Å². The average Bonchev–Trinajstić information content (AvgIpc) is 2.30. The van der Waals surface area contributed by atoms with Gasteiger partial charge in [-0.1, -0.05) is 30.3 Å². The lowest BCUT2D eigenvalue weighted by atomic mass is 10.1. The van der Waals surface area contributed by atoms with Gasteiger partial charge in [0, 0.05) is 13.2 Å². The lowest BCUT2D eigenvalue weighted by Crippen LogP contribution is -2.09. The van der Waals surface area contributed by atoms with Crippen molar-refractivity contribution in [2.45, 2.75) is 32.0 Å². The summed E-state index contributed by atoms with van der Waals surface area (Å²) in [7, 11) is 0. The number of benzene rings is 1. The number of aliphatic hydroxyl groups is 2. The van der Waals surface area contributed by atoms with Crippen LogP contribution < -0.4 is 0 Å². The molecule has 0 fully saturated rings. The van der Waals surface area contributed by atoms with Crippen LogP contribution in [0.4, 0.5) is 0 Å². The minimum absolute atomic E-state index is 0.0477. The highest BCUT2D eigenvalue weighted by Crippen LogP contribution is 2.04. The molecule has 0 radical (unpaired) electrons. The first-order valence-electron chi connectivity index (χ1n) is 5.73. The summed E-state index contributed by atoms with van der Waals surface area (Å²) < 4.78 is 5.47. The van der Waals surface area contributed by atoms with E-state index in [4.69, 9.17) is 9.84 Å². The normalized spacial score (nSPS) is 12.6. The van der Waals surface area contributed by atoms with E-state index in [0.29, 0.717) is 26.1 Å².